The Hall–Kier alpha value is -3.50. The molecule has 0 radical (unpaired) electrons. The Balaban J connectivity index is 1.43. The van der Waals surface area contributed by atoms with Crippen LogP contribution in [-0.2, 0) is 4.74 Å². The number of hydroxylamine groups is 1. The van der Waals surface area contributed by atoms with Gasteiger partial charge in [0, 0.05) is 47.6 Å². The van der Waals surface area contributed by atoms with Crippen molar-refractivity contribution in [2.24, 2.45) is 0 Å². The van der Waals surface area contributed by atoms with Crippen LogP contribution in [-0.4, -0.2) is 47.3 Å². The molecule has 1 aliphatic heterocycles. The van der Waals surface area contributed by atoms with E-state index in [1.54, 1.807) is 17.6 Å². The molecule has 1 amide bonds. The molecular formula is C26H25N3O3. The molecule has 2 heterocycles. The maximum atomic E-state index is 11.6. The quantitative estimate of drug-likeness (QED) is 0.378. The van der Waals surface area contributed by atoms with Crippen molar-refractivity contribution < 1.29 is 14.7 Å². The molecule has 0 aliphatic carbocycles. The molecule has 1 aromatic heterocycles. The number of aromatic nitrogens is 1. The fourth-order valence-electron chi connectivity index (χ4n) is 3.68. The van der Waals surface area contributed by atoms with Gasteiger partial charge in [0.25, 0.3) is 5.91 Å². The van der Waals surface area contributed by atoms with Crippen LogP contribution in [0.25, 0.3) is 11.3 Å². The SMILES string of the molecule is CC(c1ccc(C#Cc2ccc(-c3cc(C(=O)NO)ccn3)cc2)cc1)N1CCOCC1. The molecule has 1 aliphatic rings. The van der Waals surface area contributed by atoms with Gasteiger partial charge in [0.1, 0.15) is 0 Å². The number of ether oxygens (including phenoxy) is 1. The summed E-state index contributed by atoms with van der Waals surface area (Å²) in [6.07, 6.45) is 1.54. The summed E-state index contributed by atoms with van der Waals surface area (Å²) in [7, 11) is 0. The van der Waals surface area contributed by atoms with Crippen LogP contribution in [0.15, 0.2) is 66.9 Å². The number of benzene rings is 2. The molecule has 3 aromatic rings. The summed E-state index contributed by atoms with van der Waals surface area (Å²) in [5.41, 5.74) is 6.63. The van der Waals surface area contributed by atoms with Crippen molar-refractivity contribution in [2.75, 3.05) is 26.3 Å². The summed E-state index contributed by atoms with van der Waals surface area (Å²) in [6, 6.07) is 19.7. The Bertz CT molecular complexity index is 1130. The van der Waals surface area contributed by atoms with Crippen LogP contribution in [0.1, 0.15) is 40.0 Å². The molecule has 0 bridgehead atoms. The van der Waals surface area contributed by atoms with E-state index in [-0.39, 0.29) is 0 Å². The van der Waals surface area contributed by atoms with Crippen molar-refractivity contribution in [3.05, 3.63) is 89.1 Å². The highest BCUT2D eigenvalue weighted by Crippen LogP contribution is 2.22. The lowest BCUT2D eigenvalue weighted by Crippen LogP contribution is -2.37. The lowest BCUT2D eigenvalue weighted by molar-refractivity contribution is 0.0198. The molecular weight excluding hydrogens is 402 g/mol. The van der Waals surface area contributed by atoms with E-state index < -0.39 is 5.91 Å². The maximum Gasteiger partial charge on any atom is 0.274 e. The number of carbonyl (C=O) groups excluding carboxylic acids is 1. The second-order valence-corrected chi connectivity index (χ2v) is 7.64. The van der Waals surface area contributed by atoms with E-state index in [1.807, 2.05) is 24.3 Å². The third-order valence-corrected chi connectivity index (χ3v) is 5.64. The van der Waals surface area contributed by atoms with Crippen molar-refractivity contribution in [1.82, 2.24) is 15.4 Å². The average molecular weight is 428 g/mol. The van der Waals surface area contributed by atoms with E-state index in [0.717, 1.165) is 43.0 Å². The van der Waals surface area contributed by atoms with Crippen molar-refractivity contribution in [3.8, 4) is 23.1 Å². The molecule has 1 saturated heterocycles. The summed E-state index contributed by atoms with van der Waals surface area (Å²) < 4.78 is 5.44. The number of hydrogen-bond acceptors (Lipinski definition) is 5. The van der Waals surface area contributed by atoms with Crippen molar-refractivity contribution in [1.29, 1.82) is 0 Å². The highest BCUT2D eigenvalue weighted by atomic mass is 16.5. The average Bonchev–Trinajstić information content (AvgIpc) is 2.88. The van der Waals surface area contributed by atoms with Gasteiger partial charge in [-0.1, -0.05) is 36.1 Å². The number of amides is 1. The van der Waals surface area contributed by atoms with Crippen LogP contribution in [0.4, 0.5) is 0 Å². The van der Waals surface area contributed by atoms with Gasteiger partial charge in [-0.25, -0.2) is 5.48 Å². The van der Waals surface area contributed by atoms with Crippen molar-refractivity contribution in [3.63, 3.8) is 0 Å². The van der Waals surface area contributed by atoms with E-state index in [2.05, 4.69) is 52.9 Å². The predicted octanol–water partition coefficient (Wildman–Crippen LogP) is 3.66. The topological polar surface area (TPSA) is 74.7 Å². The van der Waals surface area contributed by atoms with Crippen molar-refractivity contribution >= 4 is 5.91 Å². The van der Waals surface area contributed by atoms with Crippen LogP contribution >= 0.6 is 0 Å². The number of nitrogens with one attached hydrogen (secondary N) is 1. The summed E-state index contributed by atoms with van der Waals surface area (Å²) in [5.74, 6) is 5.85. The minimum Gasteiger partial charge on any atom is -0.379 e. The zero-order valence-electron chi connectivity index (χ0n) is 17.9. The van der Waals surface area contributed by atoms with Crippen molar-refractivity contribution in [2.45, 2.75) is 13.0 Å². The first kappa shape index (κ1) is 21.7. The van der Waals surface area contributed by atoms with Gasteiger partial charge in [-0.15, -0.1) is 0 Å². The minimum absolute atomic E-state index is 0.341. The van der Waals surface area contributed by atoms with Crippen LogP contribution in [0.3, 0.4) is 0 Å². The number of nitrogens with zero attached hydrogens (tertiary/aromatic N) is 2. The number of pyridine rings is 1. The van der Waals surface area contributed by atoms with E-state index in [9.17, 15) is 4.79 Å². The number of morpholine rings is 1. The lowest BCUT2D eigenvalue weighted by atomic mass is 10.0. The van der Waals surface area contributed by atoms with Gasteiger partial charge < -0.3 is 4.74 Å². The second kappa shape index (κ2) is 10.2. The molecule has 1 fully saturated rings. The normalized spacial score (nSPS) is 14.8. The largest absolute Gasteiger partial charge is 0.379 e. The summed E-state index contributed by atoms with van der Waals surface area (Å²) >= 11 is 0. The first-order valence-corrected chi connectivity index (χ1v) is 10.6. The molecule has 0 spiro atoms. The highest BCUT2D eigenvalue weighted by Gasteiger charge is 2.18. The van der Waals surface area contributed by atoms with E-state index in [1.165, 1.54) is 11.8 Å². The summed E-state index contributed by atoms with van der Waals surface area (Å²) in [6.45, 7) is 5.76. The molecule has 0 saturated carbocycles. The standard InChI is InChI=1S/C26H25N3O3/c1-19(29-14-16-32-17-15-29)22-8-4-20(5-9-22)2-3-21-6-10-23(11-7-21)25-18-24(12-13-27-25)26(30)28-31/h4-13,18-19,31H,14-17H2,1H3,(H,28,30). The van der Waals surface area contributed by atoms with E-state index in [0.29, 0.717) is 17.3 Å². The Morgan fingerprint density at radius 3 is 2.28 bits per heavy atom. The summed E-state index contributed by atoms with van der Waals surface area (Å²) in [5, 5.41) is 8.80. The Morgan fingerprint density at radius 1 is 1.03 bits per heavy atom. The predicted molar refractivity (Wildman–Crippen MR) is 122 cm³/mol. The van der Waals surface area contributed by atoms with Gasteiger partial charge in [0.2, 0.25) is 0 Å². The molecule has 2 N–H and O–H groups in total. The van der Waals surface area contributed by atoms with Crippen LogP contribution in [0.5, 0.6) is 0 Å². The lowest BCUT2D eigenvalue weighted by Gasteiger charge is -2.32. The van der Waals surface area contributed by atoms with E-state index >= 15 is 0 Å². The molecule has 162 valence electrons. The van der Waals surface area contributed by atoms with Gasteiger partial charge >= 0.3 is 0 Å². The third kappa shape index (κ3) is 5.21. The first-order chi connectivity index (χ1) is 15.6. The molecule has 6 heteroatoms. The number of hydrogen-bond donors (Lipinski definition) is 2. The molecule has 2 aromatic carbocycles. The van der Waals surface area contributed by atoms with Gasteiger partial charge in [-0.05, 0) is 48.9 Å². The Kier molecular flexibility index (Phi) is 6.93. The molecule has 32 heavy (non-hydrogen) atoms. The molecule has 6 nitrogen and oxygen atoms in total. The van der Waals surface area contributed by atoms with Gasteiger partial charge in [-0.3, -0.25) is 19.9 Å². The molecule has 1 atom stereocenters. The number of rotatable bonds is 4. The monoisotopic (exact) mass is 427 g/mol. The second-order valence-electron chi connectivity index (χ2n) is 7.64. The number of carbonyl (C=O) groups is 1. The van der Waals surface area contributed by atoms with Gasteiger partial charge in [0.05, 0.1) is 18.9 Å². The smallest absolute Gasteiger partial charge is 0.274 e. The fourth-order valence-corrected chi connectivity index (χ4v) is 3.68. The Labute approximate surface area is 187 Å². The summed E-state index contributed by atoms with van der Waals surface area (Å²) in [4.78, 5) is 18.3. The van der Waals surface area contributed by atoms with Crippen LogP contribution in [0.2, 0.25) is 0 Å². The molecule has 4 rings (SSSR count). The zero-order chi connectivity index (χ0) is 22.3. The highest BCUT2D eigenvalue weighted by molar-refractivity contribution is 5.94. The van der Waals surface area contributed by atoms with Crippen LogP contribution in [0, 0.1) is 11.8 Å². The zero-order valence-corrected chi connectivity index (χ0v) is 17.9. The van der Waals surface area contributed by atoms with Crippen LogP contribution < -0.4 is 5.48 Å². The van der Waals surface area contributed by atoms with Gasteiger partial charge in [0.15, 0.2) is 0 Å². The first-order valence-electron chi connectivity index (χ1n) is 10.6. The molecule has 1 unspecified atom stereocenters. The minimum atomic E-state index is -0.568. The maximum absolute atomic E-state index is 11.6. The van der Waals surface area contributed by atoms with Gasteiger partial charge in [-0.2, -0.15) is 0 Å². The Morgan fingerprint density at radius 2 is 1.66 bits per heavy atom. The fraction of sp³-hybridized carbons (Fsp3) is 0.231. The third-order valence-electron chi connectivity index (χ3n) is 5.64. The van der Waals surface area contributed by atoms with E-state index in [4.69, 9.17) is 9.94 Å².